The highest BCUT2D eigenvalue weighted by molar-refractivity contribution is 5.94. The van der Waals surface area contributed by atoms with Crippen LogP contribution in [0.2, 0.25) is 0 Å². The minimum atomic E-state index is -0.878. The van der Waals surface area contributed by atoms with Gasteiger partial charge in [0.05, 0.1) is 7.11 Å². The summed E-state index contributed by atoms with van der Waals surface area (Å²) in [5, 5.41) is 0. The van der Waals surface area contributed by atoms with Crippen LogP contribution in [0.5, 0.6) is 23.0 Å². The molecule has 1 aliphatic heterocycles. The number of fused-ring (bicyclic) bond motifs is 1. The van der Waals surface area contributed by atoms with E-state index in [2.05, 4.69) is 0 Å². The molecule has 0 spiro atoms. The molecule has 0 radical (unpaired) electrons. The van der Waals surface area contributed by atoms with Crippen molar-refractivity contribution in [3.63, 3.8) is 0 Å². The van der Waals surface area contributed by atoms with Crippen molar-refractivity contribution >= 4 is 11.8 Å². The largest absolute Gasteiger partial charge is 0.493 e. The molecule has 3 rings (SSSR count). The highest BCUT2D eigenvalue weighted by Gasteiger charge is 2.29. The fourth-order valence-electron chi connectivity index (χ4n) is 2.28. The van der Waals surface area contributed by atoms with Crippen molar-refractivity contribution in [1.82, 2.24) is 0 Å². The number of methoxy groups -OCH3 is 1. The van der Waals surface area contributed by atoms with E-state index in [0.717, 1.165) is 0 Å². The summed E-state index contributed by atoms with van der Waals surface area (Å²) >= 11 is 0. The maximum atomic E-state index is 12.3. The van der Waals surface area contributed by atoms with Crippen molar-refractivity contribution < 1.29 is 28.5 Å². The van der Waals surface area contributed by atoms with Gasteiger partial charge in [-0.25, -0.2) is 4.79 Å². The number of rotatable bonds is 4. The third-order valence-corrected chi connectivity index (χ3v) is 3.55. The van der Waals surface area contributed by atoms with E-state index in [-0.39, 0.29) is 18.1 Å². The summed E-state index contributed by atoms with van der Waals surface area (Å²) in [6, 6.07) is 11.7. The van der Waals surface area contributed by atoms with Crippen molar-refractivity contribution in [3.8, 4) is 23.0 Å². The second-order valence-electron chi connectivity index (χ2n) is 5.21. The minimum absolute atomic E-state index is 0.0592. The minimum Gasteiger partial charge on any atom is -0.493 e. The lowest BCUT2D eigenvalue weighted by molar-refractivity contribution is -0.144. The van der Waals surface area contributed by atoms with Crippen LogP contribution in [0.3, 0.4) is 0 Å². The van der Waals surface area contributed by atoms with E-state index in [1.807, 2.05) is 6.07 Å². The van der Waals surface area contributed by atoms with Crippen LogP contribution in [0.1, 0.15) is 17.3 Å². The van der Waals surface area contributed by atoms with Gasteiger partial charge in [-0.2, -0.15) is 0 Å². The van der Waals surface area contributed by atoms with Crippen molar-refractivity contribution in [1.29, 1.82) is 0 Å². The number of hydrogen-bond donors (Lipinski definition) is 0. The Bertz CT molecular complexity index is 783. The van der Waals surface area contributed by atoms with Gasteiger partial charge in [-0.05, 0) is 37.3 Å². The number of Topliss-reactive ketones (excluding diaryl/α,β-unsaturated/α-hetero) is 1. The fourth-order valence-corrected chi connectivity index (χ4v) is 2.28. The Kier molecular flexibility index (Phi) is 4.37. The van der Waals surface area contributed by atoms with Crippen LogP contribution in [-0.2, 0) is 4.79 Å². The standard InChI is InChI=1S/C18H16O6/c1-11(19)12-7-8-15(16(9-12)21-2)24-18(20)17-10-22-13-5-3-4-6-14(13)23-17/h3-9,17H,10H2,1-2H3/t17-/m1/s1. The molecule has 2 aromatic carbocycles. The summed E-state index contributed by atoms with van der Waals surface area (Å²) < 4.78 is 21.6. The van der Waals surface area contributed by atoms with Crippen LogP contribution in [0.4, 0.5) is 0 Å². The molecule has 24 heavy (non-hydrogen) atoms. The molecule has 124 valence electrons. The van der Waals surface area contributed by atoms with Crippen LogP contribution in [0, 0.1) is 0 Å². The lowest BCUT2D eigenvalue weighted by Crippen LogP contribution is -2.39. The smallest absolute Gasteiger partial charge is 0.356 e. The molecule has 1 heterocycles. The quantitative estimate of drug-likeness (QED) is 0.488. The summed E-state index contributed by atoms with van der Waals surface area (Å²) in [5.41, 5.74) is 0.470. The zero-order valence-corrected chi connectivity index (χ0v) is 13.3. The number of ether oxygens (including phenoxy) is 4. The first-order valence-electron chi connectivity index (χ1n) is 7.37. The molecule has 0 saturated heterocycles. The van der Waals surface area contributed by atoms with Gasteiger partial charge in [-0.1, -0.05) is 12.1 Å². The SMILES string of the molecule is COc1cc(C(C)=O)ccc1OC(=O)[C@H]1COc2ccccc2O1. The number of ketones is 1. The molecule has 0 fully saturated rings. The Hall–Kier alpha value is -3.02. The number of benzene rings is 2. The van der Waals surface area contributed by atoms with E-state index >= 15 is 0 Å². The van der Waals surface area contributed by atoms with E-state index in [0.29, 0.717) is 22.8 Å². The maximum absolute atomic E-state index is 12.3. The van der Waals surface area contributed by atoms with Gasteiger partial charge in [0.1, 0.15) is 6.61 Å². The zero-order valence-electron chi connectivity index (χ0n) is 13.3. The zero-order chi connectivity index (χ0) is 17.1. The molecule has 0 N–H and O–H groups in total. The summed E-state index contributed by atoms with van der Waals surface area (Å²) in [7, 11) is 1.44. The molecule has 0 aliphatic carbocycles. The summed E-state index contributed by atoms with van der Waals surface area (Å²) in [4.78, 5) is 23.7. The highest BCUT2D eigenvalue weighted by atomic mass is 16.6. The molecule has 0 amide bonds. The number of hydrogen-bond acceptors (Lipinski definition) is 6. The first-order valence-corrected chi connectivity index (χ1v) is 7.37. The normalized spacial score (nSPS) is 15.5. The monoisotopic (exact) mass is 328 g/mol. The fraction of sp³-hybridized carbons (Fsp3) is 0.222. The predicted octanol–water partition coefficient (Wildman–Crippen LogP) is 2.64. The van der Waals surface area contributed by atoms with Gasteiger partial charge >= 0.3 is 5.97 Å². The average Bonchev–Trinajstić information content (AvgIpc) is 2.61. The van der Waals surface area contributed by atoms with Crippen molar-refractivity contribution in [2.45, 2.75) is 13.0 Å². The number of para-hydroxylation sites is 2. The second kappa shape index (κ2) is 6.62. The molecule has 0 saturated carbocycles. The predicted molar refractivity (Wildman–Crippen MR) is 85.0 cm³/mol. The molecule has 2 aromatic rings. The van der Waals surface area contributed by atoms with Crippen molar-refractivity contribution in [3.05, 3.63) is 48.0 Å². The molecule has 6 nitrogen and oxygen atoms in total. The Morgan fingerprint density at radius 3 is 2.54 bits per heavy atom. The summed E-state index contributed by atoms with van der Waals surface area (Å²) in [6.45, 7) is 1.51. The molecule has 0 unspecified atom stereocenters. The Balaban J connectivity index is 1.75. The second-order valence-corrected chi connectivity index (χ2v) is 5.21. The average molecular weight is 328 g/mol. The van der Waals surface area contributed by atoms with E-state index in [1.165, 1.54) is 26.2 Å². The number of carbonyl (C=O) groups excluding carboxylic acids is 2. The van der Waals surface area contributed by atoms with E-state index in [9.17, 15) is 9.59 Å². The van der Waals surface area contributed by atoms with Crippen LogP contribution in [0.15, 0.2) is 42.5 Å². The van der Waals surface area contributed by atoms with Gasteiger partial charge in [0.25, 0.3) is 0 Å². The van der Waals surface area contributed by atoms with Crippen molar-refractivity contribution in [2.75, 3.05) is 13.7 Å². The van der Waals surface area contributed by atoms with Gasteiger partial charge in [-0.15, -0.1) is 0 Å². The van der Waals surface area contributed by atoms with Crippen LogP contribution in [-0.4, -0.2) is 31.6 Å². The van der Waals surface area contributed by atoms with E-state index in [1.54, 1.807) is 24.3 Å². The summed E-state index contributed by atoms with van der Waals surface area (Å²) in [5.74, 6) is 0.892. The Morgan fingerprint density at radius 1 is 1.08 bits per heavy atom. The molecule has 1 aliphatic rings. The van der Waals surface area contributed by atoms with Gasteiger partial charge in [-0.3, -0.25) is 4.79 Å². The topological polar surface area (TPSA) is 71.1 Å². The van der Waals surface area contributed by atoms with Crippen molar-refractivity contribution in [2.24, 2.45) is 0 Å². The lowest BCUT2D eigenvalue weighted by Gasteiger charge is -2.25. The van der Waals surface area contributed by atoms with Crippen LogP contribution >= 0.6 is 0 Å². The third-order valence-electron chi connectivity index (χ3n) is 3.55. The Labute approximate surface area is 138 Å². The number of carbonyl (C=O) groups is 2. The first kappa shape index (κ1) is 15.9. The van der Waals surface area contributed by atoms with Crippen LogP contribution in [0.25, 0.3) is 0 Å². The lowest BCUT2D eigenvalue weighted by atomic mass is 10.1. The first-order chi connectivity index (χ1) is 11.6. The molecule has 6 heteroatoms. The Morgan fingerprint density at radius 2 is 1.83 bits per heavy atom. The third kappa shape index (κ3) is 3.17. The van der Waals surface area contributed by atoms with Crippen LogP contribution < -0.4 is 18.9 Å². The molecular formula is C18H16O6. The van der Waals surface area contributed by atoms with Gasteiger partial charge in [0, 0.05) is 5.56 Å². The van der Waals surface area contributed by atoms with Gasteiger partial charge < -0.3 is 18.9 Å². The number of esters is 1. The van der Waals surface area contributed by atoms with E-state index < -0.39 is 12.1 Å². The van der Waals surface area contributed by atoms with Gasteiger partial charge in [0.2, 0.25) is 6.10 Å². The van der Waals surface area contributed by atoms with E-state index in [4.69, 9.17) is 18.9 Å². The molecular weight excluding hydrogens is 312 g/mol. The molecule has 0 aromatic heterocycles. The highest BCUT2D eigenvalue weighted by Crippen LogP contribution is 2.32. The molecule has 1 atom stereocenters. The summed E-state index contributed by atoms with van der Waals surface area (Å²) in [6.07, 6.45) is -0.878. The maximum Gasteiger partial charge on any atom is 0.356 e. The molecule has 0 bridgehead atoms. The van der Waals surface area contributed by atoms with Gasteiger partial charge in [0.15, 0.2) is 28.8 Å².